The Labute approximate surface area is 165 Å². The SMILES string of the molecule is O=C1c2[nH]nc(-c3ccc(F)cc3)c2[C@@H](c2ccc(F)cc2)N1c1ccccc1. The Bertz CT molecular complexity index is 1190. The summed E-state index contributed by atoms with van der Waals surface area (Å²) in [6, 6.07) is 20.9. The Morgan fingerprint density at radius 2 is 1.45 bits per heavy atom. The molecule has 1 aliphatic heterocycles. The average molecular weight is 387 g/mol. The second kappa shape index (κ2) is 6.67. The highest BCUT2D eigenvalue weighted by Gasteiger charge is 2.43. The Morgan fingerprint density at radius 3 is 2.10 bits per heavy atom. The predicted octanol–water partition coefficient (Wildman–Crippen LogP) is 5.10. The van der Waals surface area contributed by atoms with Crippen LogP contribution in [-0.4, -0.2) is 16.1 Å². The third kappa shape index (κ3) is 2.81. The summed E-state index contributed by atoms with van der Waals surface area (Å²) >= 11 is 0. The molecule has 3 aromatic carbocycles. The van der Waals surface area contributed by atoms with Gasteiger partial charge in [0.1, 0.15) is 17.3 Å². The Morgan fingerprint density at radius 1 is 0.828 bits per heavy atom. The lowest BCUT2D eigenvalue weighted by molar-refractivity contribution is 0.0989. The van der Waals surface area contributed by atoms with Gasteiger partial charge in [-0.25, -0.2) is 8.78 Å². The molecule has 0 bridgehead atoms. The molecular weight excluding hydrogens is 372 g/mol. The zero-order valence-corrected chi connectivity index (χ0v) is 15.1. The van der Waals surface area contributed by atoms with E-state index in [0.29, 0.717) is 22.5 Å². The minimum atomic E-state index is -0.487. The van der Waals surface area contributed by atoms with E-state index in [1.165, 1.54) is 24.3 Å². The zero-order valence-electron chi connectivity index (χ0n) is 15.1. The van der Waals surface area contributed by atoms with Gasteiger partial charge in [0.25, 0.3) is 5.91 Å². The minimum absolute atomic E-state index is 0.221. The van der Waals surface area contributed by atoms with Crippen molar-refractivity contribution >= 4 is 11.6 Å². The van der Waals surface area contributed by atoms with Gasteiger partial charge < -0.3 is 0 Å². The third-order valence-corrected chi connectivity index (χ3v) is 5.11. The fourth-order valence-electron chi connectivity index (χ4n) is 3.79. The monoisotopic (exact) mass is 387 g/mol. The summed E-state index contributed by atoms with van der Waals surface area (Å²) < 4.78 is 27.0. The maximum absolute atomic E-state index is 13.6. The molecule has 1 N–H and O–H groups in total. The number of amides is 1. The van der Waals surface area contributed by atoms with Gasteiger partial charge in [0.05, 0.1) is 11.7 Å². The summed E-state index contributed by atoms with van der Waals surface area (Å²) in [6.07, 6.45) is 0. The first-order chi connectivity index (χ1) is 14.1. The van der Waals surface area contributed by atoms with E-state index in [1.54, 1.807) is 29.2 Å². The van der Waals surface area contributed by atoms with Crippen molar-refractivity contribution in [3.63, 3.8) is 0 Å². The molecule has 1 amide bonds. The number of rotatable bonds is 3. The van der Waals surface area contributed by atoms with Crippen molar-refractivity contribution in [1.82, 2.24) is 10.2 Å². The summed E-state index contributed by atoms with van der Waals surface area (Å²) in [7, 11) is 0. The van der Waals surface area contributed by atoms with Crippen LogP contribution < -0.4 is 4.90 Å². The van der Waals surface area contributed by atoms with E-state index >= 15 is 0 Å². The molecule has 4 nitrogen and oxygen atoms in total. The number of benzene rings is 3. The van der Waals surface area contributed by atoms with E-state index in [1.807, 2.05) is 30.3 Å². The van der Waals surface area contributed by atoms with Crippen LogP contribution in [0.1, 0.15) is 27.7 Å². The molecule has 0 saturated heterocycles. The maximum atomic E-state index is 13.6. The number of hydrogen-bond acceptors (Lipinski definition) is 2. The van der Waals surface area contributed by atoms with E-state index in [2.05, 4.69) is 10.2 Å². The van der Waals surface area contributed by atoms with Gasteiger partial charge in [-0.05, 0) is 54.1 Å². The average Bonchev–Trinajstić information content (AvgIpc) is 3.29. The number of nitrogens with one attached hydrogen (secondary N) is 1. The molecule has 0 spiro atoms. The number of anilines is 1. The van der Waals surface area contributed by atoms with Crippen molar-refractivity contribution in [2.45, 2.75) is 6.04 Å². The smallest absolute Gasteiger partial charge is 0.277 e. The van der Waals surface area contributed by atoms with Gasteiger partial charge in [0.2, 0.25) is 0 Å². The summed E-state index contributed by atoms with van der Waals surface area (Å²) in [5.74, 6) is -0.921. The van der Waals surface area contributed by atoms with Crippen LogP contribution in [0.3, 0.4) is 0 Å². The number of fused-ring (bicyclic) bond motifs is 1. The largest absolute Gasteiger partial charge is 0.295 e. The lowest BCUT2D eigenvalue weighted by Crippen LogP contribution is -2.29. The number of nitrogens with zero attached hydrogens (tertiary/aromatic N) is 2. The Kier molecular flexibility index (Phi) is 3.98. The molecule has 4 aromatic rings. The number of carbonyl (C=O) groups is 1. The third-order valence-electron chi connectivity index (χ3n) is 5.11. The van der Waals surface area contributed by atoms with Crippen molar-refractivity contribution < 1.29 is 13.6 Å². The van der Waals surface area contributed by atoms with Crippen LogP contribution in [0.4, 0.5) is 14.5 Å². The van der Waals surface area contributed by atoms with Crippen LogP contribution in [0.5, 0.6) is 0 Å². The van der Waals surface area contributed by atoms with Gasteiger partial charge in [-0.1, -0.05) is 30.3 Å². The fraction of sp³-hybridized carbons (Fsp3) is 0.0435. The zero-order chi connectivity index (χ0) is 20.0. The summed E-state index contributed by atoms with van der Waals surface area (Å²) in [5.41, 5.74) is 3.81. The molecule has 1 aromatic heterocycles. The van der Waals surface area contributed by atoms with E-state index in [-0.39, 0.29) is 17.5 Å². The molecule has 0 unspecified atom stereocenters. The van der Waals surface area contributed by atoms with Crippen LogP contribution in [0, 0.1) is 11.6 Å². The number of halogens is 2. The van der Waals surface area contributed by atoms with Crippen molar-refractivity contribution in [3.8, 4) is 11.3 Å². The van der Waals surface area contributed by atoms with Gasteiger partial charge in [-0.3, -0.25) is 14.8 Å². The molecule has 1 aliphatic rings. The molecule has 0 radical (unpaired) electrons. The van der Waals surface area contributed by atoms with Crippen molar-refractivity contribution in [1.29, 1.82) is 0 Å². The Hall–Kier alpha value is -3.80. The van der Waals surface area contributed by atoms with Crippen LogP contribution in [0.2, 0.25) is 0 Å². The molecule has 6 heteroatoms. The predicted molar refractivity (Wildman–Crippen MR) is 105 cm³/mol. The summed E-state index contributed by atoms with van der Waals surface area (Å²) in [4.78, 5) is 14.9. The summed E-state index contributed by atoms with van der Waals surface area (Å²) in [6.45, 7) is 0. The molecule has 2 heterocycles. The normalized spacial score (nSPS) is 15.6. The van der Waals surface area contributed by atoms with E-state index in [9.17, 15) is 13.6 Å². The van der Waals surface area contributed by atoms with E-state index < -0.39 is 6.04 Å². The molecule has 0 saturated carbocycles. The minimum Gasteiger partial charge on any atom is -0.295 e. The van der Waals surface area contributed by atoms with Crippen molar-refractivity contribution in [2.24, 2.45) is 0 Å². The van der Waals surface area contributed by atoms with Gasteiger partial charge in [0, 0.05) is 16.8 Å². The fourth-order valence-corrected chi connectivity index (χ4v) is 3.79. The van der Waals surface area contributed by atoms with Gasteiger partial charge in [0.15, 0.2) is 0 Å². The molecule has 1 atom stereocenters. The maximum Gasteiger partial charge on any atom is 0.277 e. The highest BCUT2D eigenvalue weighted by atomic mass is 19.1. The second-order valence-corrected chi connectivity index (χ2v) is 6.83. The quantitative estimate of drug-likeness (QED) is 0.531. The lowest BCUT2D eigenvalue weighted by Gasteiger charge is -2.26. The Balaban J connectivity index is 1.72. The number of para-hydroxylation sites is 1. The highest BCUT2D eigenvalue weighted by molar-refractivity contribution is 6.11. The molecule has 29 heavy (non-hydrogen) atoms. The van der Waals surface area contributed by atoms with Gasteiger partial charge >= 0.3 is 0 Å². The number of hydrogen-bond donors (Lipinski definition) is 1. The van der Waals surface area contributed by atoms with Crippen LogP contribution in [0.25, 0.3) is 11.3 Å². The van der Waals surface area contributed by atoms with Crippen LogP contribution in [0.15, 0.2) is 78.9 Å². The molecule has 0 fully saturated rings. The topological polar surface area (TPSA) is 49.0 Å². The van der Waals surface area contributed by atoms with Gasteiger partial charge in [-0.2, -0.15) is 5.10 Å². The van der Waals surface area contributed by atoms with Crippen molar-refractivity contribution in [2.75, 3.05) is 4.90 Å². The van der Waals surface area contributed by atoms with E-state index in [0.717, 1.165) is 11.3 Å². The first kappa shape index (κ1) is 17.3. The number of carbonyl (C=O) groups excluding carboxylic acids is 1. The van der Waals surface area contributed by atoms with Crippen LogP contribution >= 0.6 is 0 Å². The van der Waals surface area contributed by atoms with Gasteiger partial charge in [-0.15, -0.1) is 0 Å². The summed E-state index contributed by atoms with van der Waals surface area (Å²) in [5, 5.41) is 7.19. The first-order valence-electron chi connectivity index (χ1n) is 9.12. The van der Waals surface area contributed by atoms with Crippen LogP contribution in [-0.2, 0) is 0 Å². The molecule has 142 valence electrons. The standard InChI is InChI=1S/C23H15F2N3O/c24-16-10-6-14(7-11-16)20-19-21(27-26-20)23(29)28(18-4-2-1-3-5-18)22(19)15-8-12-17(25)13-9-15/h1-13,22H,(H,26,27)/t22-/m1/s1. The molecular formula is C23H15F2N3O. The molecule has 0 aliphatic carbocycles. The van der Waals surface area contributed by atoms with Crippen molar-refractivity contribution in [3.05, 3.63) is 107 Å². The molecule has 5 rings (SSSR count). The first-order valence-corrected chi connectivity index (χ1v) is 9.12. The second-order valence-electron chi connectivity index (χ2n) is 6.83. The van der Waals surface area contributed by atoms with E-state index in [4.69, 9.17) is 0 Å². The number of aromatic amines is 1. The number of H-pyrrole nitrogens is 1. The number of aromatic nitrogens is 2. The highest BCUT2D eigenvalue weighted by Crippen LogP contribution is 2.44. The lowest BCUT2D eigenvalue weighted by atomic mass is 9.96.